The number of nitrogens with zero attached hydrogens (tertiary/aromatic N) is 1. The first-order valence-corrected chi connectivity index (χ1v) is 7.14. The fraction of sp³-hybridized carbons (Fsp3) is 0.400. The molecule has 0 saturated heterocycles. The number of fused-ring (bicyclic) bond motifs is 3. The van der Waals surface area contributed by atoms with Crippen LogP contribution in [0.5, 0.6) is 5.75 Å². The molecule has 1 aliphatic heterocycles. The van der Waals surface area contributed by atoms with E-state index in [4.69, 9.17) is 4.74 Å². The van der Waals surface area contributed by atoms with Gasteiger partial charge in [0.25, 0.3) is 5.69 Å². The molecule has 22 heavy (non-hydrogen) atoms. The fourth-order valence-electron chi connectivity index (χ4n) is 3.29. The molecule has 0 radical (unpaired) electrons. The minimum Gasteiger partial charge on any atom is -0.494 e. The number of aliphatic carboxylic acids is 1. The monoisotopic (exact) mass is 304 g/mol. The lowest BCUT2D eigenvalue weighted by Crippen LogP contribution is -2.42. The Hall–Kier alpha value is -2.57. The number of nitro groups is 1. The number of nitro benzene ring substituents is 1. The topological polar surface area (TPSA) is 102 Å². The number of anilines is 1. The molecule has 0 saturated carbocycles. The fourth-order valence-corrected chi connectivity index (χ4v) is 3.29. The van der Waals surface area contributed by atoms with Crippen molar-refractivity contribution in [3.63, 3.8) is 0 Å². The Balaban J connectivity index is 2.16. The molecule has 0 fully saturated rings. The van der Waals surface area contributed by atoms with E-state index in [0.29, 0.717) is 18.8 Å². The number of allylic oxidation sites excluding steroid dienone is 2. The zero-order chi connectivity index (χ0) is 15.9. The van der Waals surface area contributed by atoms with E-state index in [1.807, 2.05) is 19.1 Å². The average Bonchev–Trinajstić information content (AvgIpc) is 2.95. The number of carboxylic acid groups (broad SMARTS) is 1. The lowest BCUT2D eigenvalue weighted by atomic mass is 9.79. The third-order valence-corrected chi connectivity index (χ3v) is 4.20. The highest BCUT2D eigenvalue weighted by molar-refractivity contribution is 5.83. The predicted octanol–water partition coefficient (Wildman–Crippen LogP) is 2.53. The van der Waals surface area contributed by atoms with E-state index >= 15 is 0 Å². The Labute approximate surface area is 126 Å². The molecular formula is C15H16N2O5. The van der Waals surface area contributed by atoms with E-state index in [-0.39, 0.29) is 23.2 Å². The van der Waals surface area contributed by atoms with E-state index in [9.17, 15) is 20.0 Å². The molecule has 0 amide bonds. The number of hydrogen-bond donors (Lipinski definition) is 2. The van der Waals surface area contributed by atoms with Gasteiger partial charge in [-0.05, 0) is 25.0 Å². The summed E-state index contributed by atoms with van der Waals surface area (Å²) in [6.45, 7) is 2.22. The van der Waals surface area contributed by atoms with Crippen LogP contribution in [0.15, 0.2) is 24.3 Å². The molecule has 1 aromatic rings. The van der Waals surface area contributed by atoms with Gasteiger partial charge < -0.3 is 15.2 Å². The summed E-state index contributed by atoms with van der Waals surface area (Å²) < 4.78 is 5.41. The molecule has 2 N–H and O–H groups in total. The van der Waals surface area contributed by atoms with Crippen LogP contribution >= 0.6 is 0 Å². The maximum absolute atomic E-state index is 11.5. The zero-order valence-corrected chi connectivity index (χ0v) is 12.0. The van der Waals surface area contributed by atoms with Crippen molar-refractivity contribution >= 4 is 17.3 Å². The molecular weight excluding hydrogens is 288 g/mol. The van der Waals surface area contributed by atoms with Gasteiger partial charge in [-0.3, -0.25) is 10.1 Å². The van der Waals surface area contributed by atoms with Crippen molar-refractivity contribution in [2.45, 2.75) is 25.3 Å². The first-order chi connectivity index (χ1) is 10.5. The molecule has 7 nitrogen and oxygen atoms in total. The van der Waals surface area contributed by atoms with Gasteiger partial charge in [0.1, 0.15) is 17.5 Å². The van der Waals surface area contributed by atoms with Gasteiger partial charge in [0.05, 0.1) is 17.6 Å². The van der Waals surface area contributed by atoms with Gasteiger partial charge in [-0.15, -0.1) is 0 Å². The number of carbonyl (C=O) groups is 1. The highest BCUT2D eigenvalue weighted by Crippen LogP contribution is 2.49. The molecule has 0 bridgehead atoms. The number of hydrogen-bond acceptors (Lipinski definition) is 5. The summed E-state index contributed by atoms with van der Waals surface area (Å²) in [4.78, 5) is 22.3. The summed E-state index contributed by atoms with van der Waals surface area (Å²) in [5.41, 5.74) is 0.869. The van der Waals surface area contributed by atoms with Crippen LogP contribution in [0.2, 0.25) is 0 Å². The van der Waals surface area contributed by atoms with Crippen LogP contribution in [0.25, 0.3) is 0 Å². The van der Waals surface area contributed by atoms with Crippen molar-refractivity contribution in [3.8, 4) is 5.75 Å². The molecule has 1 aromatic carbocycles. The molecule has 2 aliphatic rings. The van der Waals surface area contributed by atoms with Gasteiger partial charge in [-0.2, -0.15) is 0 Å². The lowest BCUT2D eigenvalue weighted by molar-refractivity contribution is -0.384. The third kappa shape index (κ3) is 2.18. The van der Waals surface area contributed by atoms with Crippen LogP contribution in [-0.4, -0.2) is 28.6 Å². The second-order valence-electron chi connectivity index (χ2n) is 5.41. The molecule has 7 heteroatoms. The Kier molecular flexibility index (Phi) is 3.48. The first-order valence-electron chi connectivity index (χ1n) is 7.14. The maximum Gasteiger partial charge on any atom is 0.326 e. The predicted molar refractivity (Wildman–Crippen MR) is 79.3 cm³/mol. The standard InChI is InChI=1S/C15H16N2O5/c1-2-22-8-6-11-9-4-3-5-10(9)14(15(18)19)16-13(11)12(7-8)17(20)21/h3-4,6-7,9-10,14,16H,2,5H2,1H3,(H,18,19)/t9-,10-,14+/m1/s1. The van der Waals surface area contributed by atoms with Crippen molar-refractivity contribution in [2.24, 2.45) is 5.92 Å². The summed E-state index contributed by atoms with van der Waals surface area (Å²) >= 11 is 0. The molecule has 1 heterocycles. The van der Waals surface area contributed by atoms with Crippen molar-refractivity contribution in [2.75, 3.05) is 11.9 Å². The highest BCUT2D eigenvalue weighted by Gasteiger charge is 2.43. The lowest BCUT2D eigenvalue weighted by Gasteiger charge is -2.34. The molecule has 0 aromatic heterocycles. The van der Waals surface area contributed by atoms with Gasteiger partial charge in [-0.25, -0.2) is 4.79 Å². The zero-order valence-electron chi connectivity index (χ0n) is 12.0. The van der Waals surface area contributed by atoms with E-state index in [2.05, 4.69) is 5.32 Å². The summed E-state index contributed by atoms with van der Waals surface area (Å²) in [5.74, 6) is -0.840. The van der Waals surface area contributed by atoms with Crippen LogP contribution in [0.1, 0.15) is 24.8 Å². The molecule has 116 valence electrons. The van der Waals surface area contributed by atoms with Gasteiger partial charge >= 0.3 is 5.97 Å². The Morgan fingerprint density at radius 1 is 1.55 bits per heavy atom. The van der Waals surface area contributed by atoms with E-state index in [1.54, 1.807) is 6.07 Å². The minimum absolute atomic E-state index is 0.138. The second kappa shape index (κ2) is 5.32. The summed E-state index contributed by atoms with van der Waals surface area (Å²) in [5, 5.41) is 23.6. The molecule has 0 unspecified atom stereocenters. The maximum atomic E-state index is 11.5. The van der Waals surface area contributed by atoms with Gasteiger partial charge in [0, 0.05) is 11.8 Å². The molecule has 3 atom stereocenters. The molecule has 3 rings (SSSR count). The normalized spacial score (nSPS) is 25.0. The highest BCUT2D eigenvalue weighted by atomic mass is 16.6. The largest absolute Gasteiger partial charge is 0.494 e. The van der Waals surface area contributed by atoms with Crippen molar-refractivity contribution < 1.29 is 19.6 Å². The van der Waals surface area contributed by atoms with Crippen LogP contribution in [0.3, 0.4) is 0 Å². The van der Waals surface area contributed by atoms with Gasteiger partial charge in [0.15, 0.2) is 0 Å². The Bertz CT molecular complexity index is 670. The summed E-state index contributed by atoms with van der Waals surface area (Å²) in [6.07, 6.45) is 4.50. The number of carboxylic acids is 1. The van der Waals surface area contributed by atoms with E-state index < -0.39 is 16.9 Å². The van der Waals surface area contributed by atoms with Crippen molar-refractivity contribution in [1.29, 1.82) is 0 Å². The summed E-state index contributed by atoms with van der Waals surface area (Å²) in [7, 11) is 0. The Morgan fingerprint density at radius 3 is 2.95 bits per heavy atom. The minimum atomic E-state index is -0.993. The Morgan fingerprint density at radius 2 is 2.32 bits per heavy atom. The quantitative estimate of drug-likeness (QED) is 0.503. The number of nitrogens with one attached hydrogen (secondary N) is 1. The van der Waals surface area contributed by atoms with Gasteiger partial charge in [-0.1, -0.05) is 12.2 Å². The first kappa shape index (κ1) is 14.4. The molecule has 1 aliphatic carbocycles. The number of ether oxygens (including phenoxy) is 1. The van der Waals surface area contributed by atoms with Gasteiger partial charge in [0.2, 0.25) is 0 Å². The van der Waals surface area contributed by atoms with Crippen molar-refractivity contribution in [1.82, 2.24) is 0 Å². The third-order valence-electron chi connectivity index (χ3n) is 4.20. The van der Waals surface area contributed by atoms with Crippen LogP contribution in [-0.2, 0) is 4.79 Å². The van der Waals surface area contributed by atoms with Crippen molar-refractivity contribution in [3.05, 3.63) is 40.0 Å². The number of benzene rings is 1. The van der Waals surface area contributed by atoms with Crippen LogP contribution in [0, 0.1) is 16.0 Å². The summed E-state index contributed by atoms with van der Waals surface area (Å²) in [6, 6.07) is 2.28. The second-order valence-corrected chi connectivity index (χ2v) is 5.41. The molecule has 0 spiro atoms. The van der Waals surface area contributed by atoms with Crippen LogP contribution in [0.4, 0.5) is 11.4 Å². The van der Waals surface area contributed by atoms with E-state index in [0.717, 1.165) is 5.56 Å². The smallest absolute Gasteiger partial charge is 0.326 e. The van der Waals surface area contributed by atoms with E-state index in [1.165, 1.54) is 6.07 Å². The van der Waals surface area contributed by atoms with Crippen LogP contribution < -0.4 is 10.1 Å². The average molecular weight is 304 g/mol. The number of rotatable bonds is 4. The SMILES string of the molecule is CCOc1cc2c(c([N+](=O)[O-])c1)N[C@H](C(=O)O)[C@@H]1CC=C[C@@H]21.